The number of carbonyl (C=O) groups is 1. The van der Waals surface area contributed by atoms with E-state index in [4.69, 9.17) is 23.8 Å². The monoisotopic (exact) mass is 461 g/mol. The van der Waals surface area contributed by atoms with Crippen molar-refractivity contribution >= 4 is 56.5 Å². The van der Waals surface area contributed by atoms with Crippen molar-refractivity contribution in [2.75, 3.05) is 5.32 Å². The largest absolute Gasteiger partial charge is 0.332 e. The third kappa shape index (κ3) is 4.49. The van der Waals surface area contributed by atoms with Crippen LogP contribution in [0.3, 0.4) is 0 Å². The summed E-state index contributed by atoms with van der Waals surface area (Å²) >= 11 is 14.6. The van der Waals surface area contributed by atoms with Crippen molar-refractivity contribution in [1.82, 2.24) is 5.32 Å². The molecule has 0 unspecified atom stereocenters. The average Bonchev–Trinajstić information content (AvgIpc) is 3.14. The SMILES string of the molecule is N#CC1(c2ccc(NC(=S)NC(=O)c3cc(Br)ccc3Cl)cc2)CCCC1. The van der Waals surface area contributed by atoms with E-state index in [2.05, 4.69) is 32.6 Å². The molecule has 138 valence electrons. The highest BCUT2D eigenvalue weighted by Crippen LogP contribution is 2.40. The van der Waals surface area contributed by atoms with E-state index in [-0.39, 0.29) is 16.4 Å². The normalized spacial score (nSPS) is 15.0. The standard InChI is InChI=1S/C20H17BrClN3OS/c21-14-5-8-17(22)16(11-14)18(26)25-19(27)24-15-6-3-13(4-7-15)20(12-23)9-1-2-10-20/h3-8,11H,1-2,9-10H2,(H2,24,25,26,27). The van der Waals surface area contributed by atoms with Crippen LogP contribution in [0.25, 0.3) is 0 Å². The summed E-state index contributed by atoms with van der Waals surface area (Å²) in [5, 5.41) is 15.7. The molecule has 4 nitrogen and oxygen atoms in total. The molecule has 1 aliphatic rings. The van der Waals surface area contributed by atoms with Crippen molar-refractivity contribution in [2.45, 2.75) is 31.1 Å². The minimum absolute atomic E-state index is 0.180. The molecule has 27 heavy (non-hydrogen) atoms. The number of thiocarbonyl (C=S) groups is 1. The molecule has 1 amide bonds. The Balaban J connectivity index is 1.65. The lowest BCUT2D eigenvalue weighted by atomic mass is 9.80. The number of hydrogen-bond acceptors (Lipinski definition) is 3. The van der Waals surface area contributed by atoms with Gasteiger partial charge < -0.3 is 5.32 Å². The summed E-state index contributed by atoms with van der Waals surface area (Å²) < 4.78 is 0.754. The van der Waals surface area contributed by atoms with Crippen LogP contribution in [0.4, 0.5) is 5.69 Å². The molecular weight excluding hydrogens is 446 g/mol. The van der Waals surface area contributed by atoms with Gasteiger partial charge in [0.25, 0.3) is 5.91 Å². The first-order chi connectivity index (χ1) is 12.9. The second-order valence-electron chi connectivity index (χ2n) is 6.51. The highest BCUT2D eigenvalue weighted by molar-refractivity contribution is 9.10. The van der Waals surface area contributed by atoms with Crippen LogP contribution in [-0.4, -0.2) is 11.0 Å². The topological polar surface area (TPSA) is 64.9 Å². The van der Waals surface area contributed by atoms with E-state index in [0.717, 1.165) is 41.4 Å². The second kappa shape index (κ2) is 8.39. The lowest BCUT2D eigenvalue weighted by molar-refractivity contribution is 0.0978. The number of hydrogen-bond donors (Lipinski definition) is 2. The number of carbonyl (C=O) groups excluding carboxylic acids is 1. The van der Waals surface area contributed by atoms with Gasteiger partial charge in [-0.15, -0.1) is 0 Å². The number of nitriles is 1. The van der Waals surface area contributed by atoms with E-state index in [9.17, 15) is 10.1 Å². The fraction of sp³-hybridized carbons (Fsp3) is 0.250. The molecule has 0 radical (unpaired) electrons. The Morgan fingerprint density at radius 3 is 2.48 bits per heavy atom. The number of nitrogens with zero attached hydrogens (tertiary/aromatic N) is 1. The maximum atomic E-state index is 12.3. The first-order valence-electron chi connectivity index (χ1n) is 8.53. The van der Waals surface area contributed by atoms with Gasteiger partial charge in [0, 0.05) is 10.2 Å². The lowest BCUT2D eigenvalue weighted by Gasteiger charge is -2.21. The van der Waals surface area contributed by atoms with Crippen molar-refractivity contribution in [3.8, 4) is 6.07 Å². The van der Waals surface area contributed by atoms with Crippen molar-refractivity contribution in [1.29, 1.82) is 5.26 Å². The van der Waals surface area contributed by atoms with Gasteiger partial charge in [0.1, 0.15) is 0 Å². The van der Waals surface area contributed by atoms with Gasteiger partial charge in [0.15, 0.2) is 5.11 Å². The maximum absolute atomic E-state index is 12.3. The van der Waals surface area contributed by atoms with Gasteiger partial charge in [0.05, 0.1) is 22.1 Å². The average molecular weight is 463 g/mol. The molecule has 0 atom stereocenters. The number of benzene rings is 2. The van der Waals surface area contributed by atoms with Crippen molar-refractivity contribution < 1.29 is 4.79 Å². The molecule has 7 heteroatoms. The molecule has 1 aliphatic carbocycles. The van der Waals surface area contributed by atoms with Crippen LogP contribution in [0.2, 0.25) is 5.02 Å². The fourth-order valence-corrected chi connectivity index (χ4v) is 4.10. The molecule has 2 N–H and O–H groups in total. The number of halogens is 2. The molecule has 1 saturated carbocycles. The zero-order valence-electron chi connectivity index (χ0n) is 14.4. The first kappa shape index (κ1) is 19.8. The van der Waals surface area contributed by atoms with E-state index in [1.165, 1.54) is 0 Å². The number of nitrogens with one attached hydrogen (secondary N) is 2. The highest BCUT2D eigenvalue weighted by atomic mass is 79.9. The van der Waals surface area contributed by atoms with Gasteiger partial charge in [-0.25, -0.2) is 0 Å². The second-order valence-corrected chi connectivity index (χ2v) is 8.24. The molecule has 3 rings (SSSR count). The van der Waals surface area contributed by atoms with E-state index >= 15 is 0 Å². The number of anilines is 1. The fourth-order valence-electron chi connectivity index (χ4n) is 3.32. The summed E-state index contributed by atoms with van der Waals surface area (Å²) in [5.41, 5.74) is 1.74. The predicted octanol–water partition coefficient (Wildman–Crippen LogP) is 5.56. The Morgan fingerprint density at radius 2 is 1.85 bits per heavy atom. The van der Waals surface area contributed by atoms with Crippen molar-refractivity contribution in [3.63, 3.8) is 0 Å². The van der Waals surface area contributed by atoms with Gasteiger partial charge in [0.2, 0.25) is 0 Å². The summed E-state index contributed by atoms with van der Waals surface area (Å²) in [6.07, 6.45) is 3.97. The predicted molar refractivity (Wildman–Crippen MR) is 115 cm³/mol. The van der Waals surface area contributed by atoms with Gasteiger partial charge in [-0.2, -0.15) is 5.26 Å². The van der Waals surface area contributed by atoms with Crippen LogP contribution in [0, 0.1) is 11.3 Å². The summed E-state index contributed by atoms with van der Waals surface area (Å²) in [6, 6.07) is 15.2. The summed E-state index contributed by atoms with van der Waals surface area (Å²) in [4.78, 5) is 12.3. The van der Waals surface area contributed by atoms with Gasteiger partial charge in [-0.1, -0.05) is 52.5 Å². The van der Waals surface area contributed by atoms with Gasteiger partial charge in [-0.05, 0) is 61.0 Å². The molecule has 0 aromatic heterocycles. The number of rotatable bonds is 3. The van der Waals surface area contributed by atoms with Crippen LogP contribution < -0.4 is 10.6 Å². The van der Waals surface area contributed by atoms with E-state index < -0.39 is 0 Å². The van der Waals surface area contributed by atoms with Crippen LogP contribution in [-0.2, 0) is 5.41 Å². The number of amides is 1. The van der Waals surface area contributed by atoms with Crippen LogP contribution in [0.5, 0.6) is 0 Å². The van der Waals surface area contributed by atoms with Crippen LogP contribution in [0.15, 0.2) is 46.9 Å². The van der Waals surface area contributed by atoms with Gasteiger partial charge in [-0.3, -0.25) is 10.1 Å². The molecule has 0 aliphatic heterocycles. The Bertz CT molecular complexity index is 918. The van der Waals surface area contributed by atoms with Crippen LogP contribution >= 0.6 is 39.7 Å². The highest BCUT2D eigenvalue weighted by Gasteiger charge is 2.35. The molecule has 0 heterocycles. The third-order valence-corrected chi connectivity index (χ3v) is 5.79. The Hall–Kier alpha value is -1.94. The lowest BCUT2D eigenvalue weighted by Crippen LogP contribution is -2.34. The Morgan fingerprint density at radius 1 is 1.19 bits per heavy atom. The quantitative estimate of drug-likeness (QED) is 0.586. The first-order valence-corrected chi connectivity index (χ1v) is 10.1. The molecular formula is C20H17BrClN3OS. The minimum Gasteiger partial charge on any atom is -0.332 e. The molecule has 1 fully saturated rings. The van der Waals surface area contributed by atoms with E-state index in [0.29, 0.717) is 10.6 Å². The Kier molecular flexibility index (Phi) is 6.15. The molecule has 0 bridgehead atoms. The zero-order chi connectivity index (χ0) is 19.4. The Labute approximate surface area is 177 Å². The van der Waals surface area contributed by atoms with Crippen molar-refractivity contribution in [2.24, 2.45) is 0 Å². The van der Waals surface area contributed by atoms with Crippen molar-refractivity contribution in [3.05, 3.63) is 63.1 Å². The van der Waals surface area contributed by atoms with E-state index in [1.54, 1.807) is 18.2 Å². The zero-order valence-corrected chi connectivity index (χ0v) is 17.5. The molecule has 2 aromatic carbocycles. The maximum Gasteiger partial charge on any atom is 0.258 e. The minimum atomic E-state index is -0.384. The molecule has 2 aromatic rings. The van der Waals surface area contributed by atoms with Gasteiger partial charge >= 0.3 is 0 Å². The molecule has 0 saturated heterocycles. The smallest absolute Gasteiger partial charge is 0.258 e. The summed E-state index contributed by atoms with van der Waals surface area (Å²) in [6.45, 7) is 0. The summed E-state index contributed by atoms with van der Waals surface area (Å²) in [5.74, 6) is -0.384. The van der Waals surface area contributed by atoms with Crippen LogP contribution in [0.1, 0.15) is 41.6 Å². The summed E-state index contributed by atoms with van der Waals surface area (Å²) in [7, 11) is 0. The third-order valence-electron chi connectivity index (χ3n) is 4.77. The molecule has 0 spiro atoms. The van der Waals surface area contributed by atoms with E-state index in [1.807, 2.05) is 24.3 Å².